The van der Waals surface area contributed by atoms with E-state index in [0.29, 0.717) is 0 Å². The second-order valence-corrected chi connectivity index (χ2v) is 4.18. The van der Waals surface area contributed by atoms with E-state index in [9.17, 15) is 0 Å². The van der Waals surface area contributed by atoms with Gasteiger partial charge in [-0.05, 0) is 39.8 Å². The molecule has 0 bridgehead atoms. The van der Waals surface area contributed by atoms with Crippen LogP contribution < -0.4 is 0 Å². The summed E-state index contributed by atoms with van der Waals surface area (Å²) in [7, 11) is 0. The zero-order valence-electron chi connectivity index (χ0n) is 8.05. The molecule has 0 saturated carbocycles. The summed E-state index contributed by atoms with van der Waals surface area (Å²) in [5.74, 6) is 0. The molecule has 68 valence electrons. The lowest BCUT2D eigenvalue weighted by atomic mass is 10.2. The van der Waals surface area contributed by atoms with Gasteiger partial charge in [-0.25, -0.2) is 0 Å². The third-order valence-electron chi connectivity index (χ3n) is 1.11. The third-order valence-corrected chi connectivity index (χ3v) is 2.03. The predicted octanol–water partition coefficient (Wildman–Crippen LogP) is 3.99. The highest BCUT2D eigenvalue weighted by molar-refractivity contribution is 7.88. The molecule has 0 heterocycles. The topological polar surface area (TPSA) is 0 Å². The first-order valence-corrected chi connectivity index (χ1v) is 4.75. The van der Waals surface area contributed by atoms with Crippen LogP contribution in [0.15, 0.2) is 33.1 Å². The van der Waals surface area contributed by atoms with Gasteiger partial charge in [-0.2, -0.15) is 0 Å². The lowest BCUT2D eigenvalue weighted by molar-refractivity contribution is 1.37. The zero-order valence-corrected chi connectivity index (χ0v) is 9.84. The van der Waals surface area contributed by atoms with Crippen molar-refractivity contribution in [3.05, 3.63) is 33.1 Å². The van der Waals surface area contributed by atoms with Crippen LogP contribution in [0.1, 0.15) is 27.7 Å². The minimum Gasteiger partial charge on any atom is -0.142 e. The van der Waals surface area contributed by atoms with E-state index in [1.54, 1.807) is 0 Å². The first-order chi connectivity index (χ1) is 5.43. The molecule has 0 atom stereocenters. The molecule has 0 amide bonds. The van der Waals surface area contributed by atoms with Crippen LogP contribution in [-0.2, 0) is 0 Å². The smallest absolute Gasteiger partial charge is 0.0173 e. The van der Waals surface area contributed by atoms with Gasteiger partial charge in [0, 0.05) is 9.81 Å². The molecule has 0 fully saturated rings. The summed E-state index contributed by atoms with van der Waals surface area (Å²) in [5.41, 5.74) is 2.46. The lowest BCUT2D eigenvalue weighted by Gasteiger charge is -1.97. The van der Waals surface area contributed by atoms with Crippen molar-refractivity contribution in [2.75, 3.05) is 0 Å². The maximum atomic E-state index is 4.32. The van der Waals surface area contributed by atoms with E-state index in [2.05, 4.69) is 25.3 Å². The Bertz CT molecular complexity index is 211. The summed E-state index contributed by atoms with van der Waals surface area (Å²) >= 11 is 8.64. The largest absolute Gasteiger partial charge is 0.142 e. The van der Waals surface area contributed by atoms with E-state index in [1.165, 1.54) is 11.1 Å². The summed E-state index contributed by atoms with van der Waals surface area (Å²) in [4.78, 5) is 1.83. The van der Waals surface area contributed by atoms with E-state index in [0.717, 1.165) is 9.81 Å². The summed E-state index contributed by atoms with van der Waals surface area (Å²) in [6.45, 7) is 8.17. The Labute approximate surface area is 86.3 Å². The normalized spacial score (nSPS) is 11.8. The molecule has 0 aromatic heterocycles. The first-order valence-electron chi connectivity index (χ1n) is 3.85. The van der Waals surface area contributed by atoms with Crippen LogP contribution in [0.5, 0.6) is 0 Å². The van der Waals surface area contributed by atoms with Gasteiger partial charge in [0.1, 0.15) is 0 Å². The molecule has 0 unspecified atom stereocenters. The Morgan fingerprint density at radius 2 is 1.00 bits per heavy atom. The van der Waals surface area contributed by atoms with Crippen LogP contribution in [0.2, 0.25) is 0 Å². The van der Waals surface area contributed by atoms with Gasteiger partial charge < -0.3 is 0 Å². The van der Waals surface area contributed by atoms with Crippen LogP contribution in [0.25, 0.3) is 0 Å². The quantitative estimate of drug-likeness (QED) is 0.489. The SMILES string of the molecule is CC(C)=C/C(S)=C(\S)C=C(C)C. The van der Waals surface area contributed by atoms with Gasteiger partial charge in [-0.3, -0.25) is 0 Å². The lowest BCUT2D eigenvalue weighted by Crippen LogP contribution is -1.74. The predicted molar refractivity (Wildman–Crippen MR) is 63.9 cm³/mol. The van der Waals surface area contributed by atoms with Crippen LogP contribution in [0, 0.1) is 0 Å². The van der Waals surface area contributed by atoms with Crippen LogP contribution in [0.4, 0.5) is 0 Å². The molecule has 0 N–H and O–H groups in total. The number of hydrogen-bond donors (Lipinski definition) is 2. The molecular formula is C10H16S2. The van der Waals surface area contributed by atoms with Crippen molar-refractivity contribution < 1.29 is 0 Å². The van der Waals surface area contributed by atoms with Crippen LogP contribution >= 0.6 is 25.3 Å². The highest BCUT2D eigenvalue weighted by atomic mass is 32.1. The average molecular weight is 200 g/mol. The van der Waals surface area contributed by atoms with Crippen molar-refractivity contribution in [1.82, 2.24) is 0 Å². The Kier molecular flexibility index (Phi) is 5.51. The molecule has 2 heteroatoms. The van der Waals surface area contributed by atoms with E-state index < -0.39 is 0 Å². The molecule has 0 aliphatic carbocycles. The molecule has 0 rings (SSSR count). The monoisotopic (exact) mass is 200 g/mol. The van der Waals surface area contributed by atoms with E-state index in [4.69, 9.17) is 0 Å². The minimum atomic E-state index is 0.916. The van der Waals surface area contributed by atoms with Crippen LogP contribution in [0.3, 0.4) is 0 Å². The Hall–Kier alpha value is -0.0800. The molecular weight excluding hydrogens is 184 g/mol. The summed E-state index contributed by atoms with van der Waals surface area (Å²) in [6, 6.07) is 0. The molecule has 12 heavy (non-hydrogen) atoms. The van der Waals surface area contributed by atoms with Crippen molar-refractivity contribution in [2.24, 2.45) is 0 Å². The maximum absolute atomic E-state index is 4.32. The highest BCUT2D eigenvalue weighted by Crippen LogP contribution is 2.18. The number of rotatable bonds is 2. The number of allylic oxidation sites excluding steroid dienone is 4. The summed E-state index contributed by atoms with van der Waals surface area (Å²) in [6.07, 6.45) is 4.01. The van der Waals surface area contributed by atoms with Crippen molar-refractivity contribution in [1.29, 1.82) is 0 Å². The third kappa shape index (κ3) is 5.56. The van der Waals surface area contributed by atoms with Gasteiger partial charge >= 0.3 is 0 Å². The van der Waals surface area contributed by atoms with Gasteiger partial charge in [-0.1, -0.05) is 11.1 Å². The van der Waals surface area contributed by atoms with E-state index >= 15 is 0 Å². The number of thiol groups is 2. The standard InChI is InChI=1S/C10H16S2/c1-7(2)5-9(11)10(12)6-8(3)4/h5-6,11-12H,1-4H3/b10-9+. The Balaban J connectivity index is 4.71. The summed E-state index contributed by atoms with van der Waals surface area (Å²) in [5, 5.41) is 0. The van der Waals surface area contributed by atoms with Crippen molar-refractivity contribution in [2.45, 2.75) is 27.7 Å². The molecule has 0 radical (unpaired) electrons. The second-order valence-electron chi connectivity index (χ2n) is 3.21. The second kappa shape index (κ2) is 5.55. The summed E-state index contributed by atoms with van der Waals surface area (Å²) < 4.78 is 0. The van der Waals surface area contributed by atoms with Crippen molar-refractivity contribution in [3.63, 3.8) is 0 Å². The maximum Gasteiger partial charge on any atom is 0.0173 e. The molecule has 0 spiro atoms. The fourth-order valence-corrected chi connectivity index (χ4v) is 1.34. The van der Waals surface area contributed by atoms with E-state index in [1.807, 2.05) is 39.8 Å². The van der Waals surface area contributed by atoms with Gasteiger partial charge in [0.15, 0.2) is 0 Å². The molecule has 0 aromatic rings. The average Bonchev–Trinajstić information content (AvgIpc) is 1.84. The molecule has 0 nitrogen and oxygen atoms in total. The van der Waals surface area contributed by atoms with Gasteiger partial charge in [0.05, 0.1) is 0 Å². The van der Waals surface area contributed by atoms with Gasteiger partial charge in [0.2, 0.25) is 0 Å². The van der Waals surface area contributed by atoms with Crippen molar-refractivity contribution in [3.8, 4) is 0 Å². The molecule has 0 saturated heterocycles. The minimum absolute atomic E-state index is 0.916. The molecule has 0 aromatic carbocycles. The zero-order chi connectivity index (χ0) is 9.72. The van der Waals surface area contributed by atoms with Gasteiger partial charge in [-0.15, -0.1) is 25.3 Å². The Morgan fingerprint density at radius 3 is 1.17 bits per heavy atom. The fraction of sp³-hybridized carbons (Fsp3) is 0.400. The molecule has 0 aliphatic heterocycles. The van der Waals surface area contributed by atoms with E-state index in [-0.39, 0.29) is 0 Å². The van der Waals surface area contributed by atoms with Crippen molar-refractivity contribution >= 4 is 25.3 Å². The Morgan fingerprint density at radius 1 is 0.750 bits per heavy atom. The van der Waals surface area contributed by atoms with Crippen LogP contribution in [-0.4, -0.2) is 0 Å². The molecule has 0 aliphatic rings. The van der Waals surface area contributed by atoms with Gasteiger partial charge in [0.25, 0.3) is 0 Å². The highest BCUT2D eigenvalue weighted by Gasteiger charge is 1.91. The first kappa shape index (κ1) is 11.9. The fourth-order valence-electron chi connectivity index (χ4n) is 0.695. The number of hydrogen-bond acceptors (Lipinski definition) is 2.